The first-order valence-electron chi connectivity index (χ1n) is 6.18. The largest absolute Gasteiger partial charge is 0.586 e. The number of alkyl halides is 2. The van der Waals surface area contributed by atoms with Crippen LogP contribution in [0.25, 0.3) is 0 Å². The third-order valence-corrected chi connectivity index (χ3v) is 3.41. The van der Waals surface area contributed by atoms with Crippen LogP contribution in [0.1, 0.15) is 31.9 Å². The van der Waals surface area contributed by atoms with Crippen molar-refractivity contribution in [2.75, 3.05) is 0 Å². The topological polar surface area (TPSA) is 64.7 Å². The van der Waals surface area contributed by atoms with Crippen LogP contribution in [0, 0.1) is 5.92 Å². The molecule has 0 saturated heterocycles. The lowest BCUT2D eigenvalue weighted by Crippen LogP contribution is -2.32. The Morgan fingerprint density at radius 3 is 2.68 bits per heavy atom. The maximum absolute atomic E-state index is 13.1. The summed E-state index contributed by atoms with van der Waals surface area (Å²) in [4.78, 5) is 0. The number of fused-ring (bicyclic) bond motifs is 1. The van der Waals surface area contributed by atoms with Gasteiger partial charge >= 0.3 is 6.29 Å². The van der Waals surface area contributed by atoms with Crippen molar-refractivity contribution >= 4 is 0 Å². The van der Waals surface area contributed by atoms with Gasteiger partial charge < -0.3 is 20.3 Å². The molecule has 1 heterocycles. The molecule has 0 aliphatic carbocycles. The minimum absolute atomic E-state index is 0.0475. The van der Waals surface area contributed by atoms with Crippen molar-refractivity contribution in [3.05, 3.63) is 23.8 Å². The highest BCUT2D eigenvalue weighted by Gasteiger charge is 2.45. The molecule has 6 heteroatoms. The summed E-state index contributed by atoms with van der Waals surface area (Å²) in [5, 5.41) is 10.1. The molecule has 1 aliphatic rings. The zero-order valence-corrected chi connectivity index (χ0v) is 10.8. The van der Waals surface area contributed by atoms with Crippen LogP contribution in [0.2, 0.25) is 0 Å². The van der Waals surface area contributed by atoms with Crippen LogP contribution >= 0.6 is 0 Å². The summed E-state index contributed by atoms with van der Waals surface area (Å²) in [5.41, 5.74) is 6.27. The molecule has 0 radical (unpaired) electrons. The predicted octanol–water partition coefficient (Wildman–Crippen LogP) is 2.41. The Morgan fingerprint density at radius 2 is 2.05 bits per heavy atom. The van der Waals surface area contributed by atoms with Gasteiger partial charge in [0, 0.05) is 5.56 Å². The SMILES string of the molecule is CCC(C)[C@H](O)[C@H](N)c1cccc2c1OC(F)(F)O2. The zero-order chi connectivity index (χ0) is 14.2. The van der Waals surface area contributed by atoms with E-state index in [1.54, 1.807) is 12.1 Å². The lowest BCUT2D eigenvalue weighted by Gasteiger charge is -2.24. The molecule has 0 bridgehead atoms. The maximum atomic E-state index is 13.1. The van der Waals surface area contributed by atoms with E-state index in [1.807, 2.05) is 13.8 Å². The van der Waals surface area contributed by atoms with Crippen LogP contribution < -0.4 is 15.2 Å². The molecule has 0 spiro atoms. The van der Waals surface area contributed by atoms with E-state index >= 15 is 0 Å². The molecule has 2 rings (SSSR count). The summed E-state index contributed by atoms with van der Waals surface area (Å²) in [6, 6.07) is 3.67. The third-order valence-electron chi connectivity index (χ3n) is 3.41. The van der Waals surface area contributed by atoms with Gasteiger partial charge in [-0.2, -0.15) is 0 Å². The molecular weight excluding hydrogens is 256 g/mol. The fraction of sp³-hybridized carbons (Fsp3) is 0.538. The monoisotopic (exact) mass is 273 g/mol. The second-order valence-corrected chi connectivity index (χ2v) is 4.74. The minimum Gasteiger partial charge on any atom is -0.395 e. The van der Waals surface area contributed by atoms with E-state index in [9.17, 15) is 13.9 Å². The normalized spacial score (nSPS) is 20.9. The number of halogens is 2. The van der Waals surface area contributed by atoms with E-state index in [-0.39, 0.29) is 17.4 Å². The second-order valence-electron chi connectivity index (χ2n) is 4.74. The summed E-state index contributed by atoms with van der Waals surface area (Å²) in [7, 11) is 0. The van der Waals surface area contributed by atoms with Crippen molar-refractivity contribution in [1.82, 2.24) is 0 Å². The first-order valence-corrected chi connectivity index (χ1v) is 6.18. The molecular formula is C13H17F2NO3. The van der Waals surface area contributed by atoms with Gasteiger partial charge in [-0.3, -0.25) is 0 Å². The molecule has 4 nitrogen and oxygen atoms in total. The summed E-state index contributed by atoms with van der Waals surface area (Å²) >= 11 is 0. The van der Waals surface area contributed by atoms with E-state index < -0.39 is 18.4 Å². The van der Waals surface area contributed by atoms with Crippen molar-refractivity contribution < 1.29 is 23.4 Å². The molecule has 3 atom stereocenters. The molecule has 0 fully saturated rings. The lowest BCUT2D eigenvalue weighted by molar-refractivity contribution is -0.287. The van der Waals surface area contributed by atoms with E-state index in [1.165, 1.54) is 6.07 Å². The van der Waals surface area contributed by atoms with Crippen molar-refractivity contribution in [3.8, 4) is 11.5 Å². The number of rotatable bonds is 4. The van der Waals surface area contributed by atoms with Crippen LogP contribution in [-0.2, 0) is 0 Å². The predicted molar refractivity (Wildman–Crippen MR) is 65.0 cm³/mol. The molecule has 1 aromatic rings. The average molecular weight is 273 g/mol. The van der Waals surface area contributed by atoms with Crippen LogP contribution in [0.4, 0.5) is 8.78 Å². The smallest absolute Gasteiger partial charge is 0.395 e. The van der Waals surface area contributed by atoms with Crippen LogP contribution in [-0.4, -0.2) is 17.5 Å². The number of ether oxygens (including phenoxy) is 2. The van der Waals surface area contributed by atoms with Gasteiger partial charge in [0.1, 0.15) is 0 Å². The Morgan fingerprint density at radius 1 is 1.37 bits per heavy atom. The van der Waals surface area contributed by atoms with Gasteiger partial charge in [0.15, 0.2) is 11.5 Å². The first-order chi connectivity index (χ1) is 8.85. The molecule has 1 aromatic carbocycles. The summed E-state index contributed by atoms with van der Waals surface area (Å²) in [6.07, 6.45) is -3.79. The van der Waals surface area contributed by atoms with Gasteiger partial charge in [0.2, 0.25) is 0 Å². The molecule has 0 saturated carbocycles. The lowest BCUT2D eigenvalue weighted by atomic mass is 9.91. The van der Waals surface area contributed by atoms with Crippen molar-refractivity contribution in [1.29, 1.82) is 0 Å². The van der Waals surface area contributed by atoms with E-state index in [4.69, 9.17) is 5.73 Å². The summed E-state index contributed by atoms with van der Waals surface area (Å²) in [6.45, 7) is 3.77. The second kappa shape index (κ2) is 4.94. The van der Waals surface area contributed by atoms with Gasteiger partial charge in [-0.05, 0) is 12.0 Å². The first kappa shape index (κ1) is 14.0. The van der Waals surface area contributed by atoms with Gasteiger partial charge in [0.05, 0.1) is 12.1 Å². The van der Waals surface area contributed by atoms with E-state index in [0.29, 0.717) is 5.56 Å². The zero-order valence-electron chi connectivity index (χ0n) is 10.8. The van der Waals surface area contributed by atoms with Crippen molar-refractivity contribution in [3.63, 3.8) is 0 Å². The van der Waals surface area contributed by atoms with E-state index in [0.717, 1.165) is 6.42 Å². The number of para-hydroxylation sites is 1. The fourth-order valence-electron chi connectivity index (χ4n) is 2.03. The summed E-state index contributed by atoms with van der Waals surface area (Å²) in [5.74, 6) is -0.203. The number of aliphatic hydroxyl groups excluding tert-OH is 1. The number of benzene rings is 1. The maximum Gasteiger partial charge on any atom is 0.586 e. The highest BCUT2D eigenvalue weighted by atomic mass is 19.3. The van der Waals surface area contributed by atoms with Crippen LogP contribution in [0.5, 0.6) is 11.5 Å². The molecule has 3 N–H and O–H groups in total. The Hall–Kier alpha value is -1.40. The summed E-state index contributed by atoms with van der Waals surface area (Å²) < 4.78 is 34.9. The van der Waals surface area contributed by atoms with Gasteiger partial charge in [0.25, 0.3) is 0 Å². The molecule has 1 unspecified atom stereocenters. The van der Waals surface area contributed by atoms with Gasteiger partial charge in [-0.25, -0.2) is 0 Å². The number of aliphatic hydroxyl groups is 1. The average Bonchev–Trinajstić information content (AvgIpc) is 2.69. The van der Waals surface area contributed by atoms with Crippen LogP contribution in [0.15, 0.2) is 18.2 Å². The van der Waals surface area contributed by atoms with Gasteiger partial charge in [-0.15, -0.1) is 8.78 Å². The highest BCUT2D eigenvalue weighted by Crippen LogP contribution is 2.45. The molecule has 1 aliphatic heterocycles. The minimum atomic E-state index is -3.68. The third kappa shape index (κ3) is 2.64. The molecule has 0 amide bonds. The Kier molecular flexibility index (Phi) is 3.64. The number of hydrogen-bond donors (Lipinski definition) is 2. The number of hydrogen-bond acceptors (Lipinski definition) is 4. The van der Waals surface area contributed by atoms with Crippen LogP contribution in [0.3, 0.4) is 0 Å². The van der Waals surface area contributed by atoms with Crippen molar-refractivity contribution in [2.24, 2.45) is 11.7 Å². The Labute approximate surface area is 110 Å². The highest BCUT2D eigenvalue weighted by molar-refractivity contribution is 5.50. The fourth-order valence-corrected chi connectivity index (χ4v) is 2.03. The number of nitrogens with two attached hydrogens (primary N) is 1. The standard InChI is InChI=1S/C13H17F2NO3/c1-3-7(2)11(17)10(16)8-5-4-6-9-12(8)19-13(14,15)18-9/h4-7,10-11,17H,3,16H2,1-2H3/t7?,10-,11+/m1/s1. The quantitative estimate of drug-likeness (QED) is 0.884. The van der Waals surface area contributed by atoms with Crippen molar-refractivity contribution in [2.45, 2.75) is 38.7 Å². The Balaban J connectivity index is 2.30. The molecule has 0 aromatic heterocycles. The molecule has 19 heavy (non-hydrogen) atoms. The van der Waals surface area contributed by atoms with E-state index in [2.05, 4.69) is 9.47 Å². The van der Waals surface area contributed by atoms with Gasteiger partial charge in [-0.1, -0.05) is 32.4 Å². The Bertz CT molecular complexity index is 467. The molecule has 106 valence electrons.